The first kappa shape index (κ1) is 17.5. The summed E-state index contributed by atoms with van der Waals surface area (Å²) in [5.74, 6) is 2.22. The van der Waals surface area contributed by atoms with Gasteiger partial charge in [-0.2, -0.15) is 5.10 Å². The molecule has 1 aliphatic heterocycles. The Morgan fingerprint density at radius 1 is 1.33 bits per heavy atom. The molecule has 0 radical (unpaired) electrons. The predicted octanol–water partition coefficient (Wildman–Crippen LogP) is 3.28. The van der Waals surface area contributed by atoms with Gasteiger partial charge in [0.2, 0.25) is 0 Å². The molecule has 1 atom stereocenters. The Morgan fingerprint density at radius 2 is 2.19 bits per heavy atom. The van der Waals surface area contributed by atoms with E-state index in [-0.39, 0.29) is 11.9 Å². The summed E-state index contributed by atoms with van der Waals surface area (Å²) in [5, 5.41) is 15.1. The molecule has 1 aliphatic rings. The Labute approximate surface area is 161 Å². The number of halogens is 1. The van der Waals surface area contributed by atoms with Crippen LogP contribution in [0.5, 0.6) is 0 Å². The molecule has 0 spiro atoms. The molecule has 27 heavy (non-hydrogen) atoms. The van der Waals surface area contributed by atoms with Gasteiger partial charge in [0.25, 0.3) is 0 Å². The molecule has 3 aromatic rings. The van der Waals surface area contributed by atoms with Crippen LogP contribution < -0.4 is 5.32 Å². The molecular weight excluding hydrogens is 366 g/mol. The third-order valence-corrected chi connectivity index (χ3v) is 4.87. The van der Waals surface area contributed by atoms with Gasteiger partial charge in [-0.15, -0.1) is 5.10 Å². The van der Waals surface area contributed by atoms with Gasteiger partial charge in [-0.1, -0.05) is 17.7 Å². The van der Waals surface area contributed by atoms with E-state index in [0.717, 1.165) is 29.5 Å². The average Bonchev–Trinajstić information content (AvgIpc) is 3.34. The Balaban J connectivity index is 1.44. The Morgan fingerprint density at radius 3 is 2.93 bits per heavy atom. The van der Waals surface area contributed by atoms with Crippen molar-refractivity contribution in [2.45, 2.75) is 26.2 Å². The highest BCUT2D eigenvalue weighted by Crippen LogP contribution is 2.25. The van der Waals surface area contributed by atoms with E-state index in [1.165, 1.54) is 0 Å². The zero-order valence-electron chi connectivity index (χ0n) is 15.1. The van der Waals surface area contributed by atoms with Crippen molar-refractivity contribution in [3.05, 3.63) is 52.7 Å². The molecule has 140 valence electrons. The molecule has 2 aromatic heterocycles. The second-order valence-corrected chi connectivity index (χ2v) is 7.14. The summed E-state index contributed by atoms with van der Waals surface area (Å²) < 4.78 is 1.75. The number of urea groups is 1. The van der Waals surface area contributed by atoms with Crippen LogP contribution in [0.3, 0.4) is 0 Å². The van der Waals surface area contributed by atoms with Gasteiger partial charge in [0.1, 0.15) is 5.82 Å². The van der Waals surface area contributed by atoms with E-state index < -0.39 is 0 Å². The summed E-state index contributed by atoms with van der Waals surface area (Å²) in [5.41, 5.74) is 1.75. The van der Waals surface area contributed by atoms with Gasteiger partial charge >= 0.3 is 6.03 Å². The summed E-state index contributed by atoms with van der Waals surface area (Å²) in [6.45, 7) is 5.06. The van der Waals surface area contributed by atoms with E-state index in [1.54, 1.807) is 9.58 Å². The maximum Gasteiger partial charge on any atom is 0.323 e. The molecule has 4 rings (SSSR count). The number of aryl methyl sites for hydroxylation is 2. The van der Waals surface area contributed by atoms with E-state index in [1.807, 2.05) is 44.2 Å². The van der Waals surface area contributed by atoms with Crippen LogP contribution in [-0.4, -0.2) is 49.0 Å². The molecule has 0 bridgehead atoms. The SMILES string of the molecule is Cc1nc([C@@H]2CCN(C(=O)Nc3cc(C)n(-c4cccc(Cl)c4)n3)C2)n[nH]1. The maximum atomic E-state index is 12.6. The van der Waals surface area contributed by atoms with Crippen molar-refractivity contribution in [1.29, 1.82) is 0 Å². The lowest BCUT2D eigenvalue weighted by atomic mass is 10.1. The zero-order valence-corrected chi connectivity index (χ0v) is 15.9. The first-order chi connectivity index (χ1) is 13.0. The number of carbonyl (C=O) groups is 1. The third-order valence-electron chi connectivity index (χ3n) is 4.63. The fraction of sp³-hybridized carbons (Fsp3) is 0.333. The fourth-order valence-corrected chi connectivity index (χ4v) is 3.48. The summed E-state index contributed by atoms with van der Waals surface area (Å²) >= 11 is 6.06. The number of nitrogens with zero attached hydrogens (tertiary/aromatic N) is 5. The van der Waals surface area contributed by atoms with Crippen LogP contribution in [0.2, 0.25) is 5.02 Å². The van der Waals surface area contributed by atoms with Gasteiger partial charge in [-0.05, 0) is 38.5 Å². The molecule has 2 N–H and O–H groups in total. The first-order valence-electron chi connectivity index (χ1n) is 8.77. The minimum atomic E-state index is -0.166. The Hall–Kier alpha value is -2.87. The lowest BCUT2D eigenvalue weighted by molar-refractivity contribution is 0.222. The monoisotopic (exact) mass is 385 g/mol. The molecule has 0 saturated carbocycles. The summed E-state index contributed by atoms with van der Waals surface area (Å²) in [6.07, 6.45) is 0.848. The summed E-state index contributed by atoms with van der Waals surface area (Å²) in [4.78, 5) is 18.7. The standard InChI is InChI=1S/C18H20ClN7O/c1-11-8-16(24-26(11)15-5-3-4-14(19)9-15)21-18(27)25-7-6-13(10-25)17-20-12(2)22-23-17/h3-5,8-9,13H,6-7,10H2,1-2H3,(H,20,22,23)(H,21,24,27)/t13-/m1/s1. The topological polar surface area (TPSA) is 91.7 Å². The number of H-pyrrole nitrogens is 1. The van der Waals surface area contributed by atoms with Crippen LogP contribution in [0, 0.1) is 13.8 Å². The molecule has 9 heteroatoms. The van der Waals surface area contributed by atoms with E-state index in [4.69, 9.17) is 11.6 Å². The van der Waals surface area contributed by atoms with Crippen molar-refractivity contribution in [1.82, 2.24) is 29.9 Å². The molecule has 1 fully saturated rings. The number of hydrogen-bond acceptors (Lipinski definition) is 4. The normalized spacial score (nSPS) is 16.7. The predicted molar refractivity (Wildman–Crippen MR) is 102 cm³/mol. The molecule has 0 unspecified atom stereocenters. The van der Waals surface area contributed by atoms with Gasteiger partial charge in [-0.3, -0.25) is 10.4 Å². The van der Waals surface area contributed by atoms with E-state index in [2.05, 4.69) is 25.6 Å². The van der Waals surface area contributed by atoms with Crippen LogP contribution >= 0.6 is 11.6 Å². The van der Waals surface area contributed by atoms with Gasteiger partial charge in [-0.25, -0.2) is 14.5 Å². The van der Waals surface area contributed by atoms with Crippen molar-refractivity contribution < 1.29 is 4.79 Å². The van der Waals surface area contributed by atoms with E-state index in [0.29, 0.717) is 23.9 Å². The van der Waals surface area contributed by atoms with Crippen molar-refractivity contribution in [3.63, 3.8) is 0 Å². The minimum Gasteiger partial charge on any atom is -0.324 e. The highest BCUT2D eigenvalue weighted by Gasteiger charge is 2.30. The lowest BCUT2D eigenvalue weighted by Crippen LogP contribution is -2.33. The van der Waals surface area contributed by atoms with Gasteiger partial charge in [0.15, 0.2) is 11.6 Å². The summed E-state index contributed by atoms with van der Waals surface area (Å²) in [6, 6.07) is 9.10. The van der Waals surface area contributed by atoms with Crippen molar-refractivity contribution in [2.75, 3.05) is 18.4 Å². The molecule has 8 nitrogen and oxygen atoms in total. The van der Waals surface area contributed by atoms with Crippen molar-refractivity contribution >= 4 is 23.4 Å². The third kappa shape index (κ3) is 3.66. The highest BCUT2D eigenvalue weighted by atomic mass is 35.5. The van der Waals surface area contributed by atoms with Crippen LogP contribution in [0.1, 0.15) is 29.7 Å². The number of aromatic amines is 1. The van der Waals surface area contributed by atoms with Crippen LogP contribution in [-0.2, 0) is 0 Å². The number of benzene rings is 1. The lowest BCUT2D eigenvalue weighted by Gasteiger charge is -2.15. The van der Waals surface area contributed by atoms with Gasteiger partial charge in [0.05, 0.1) is 5.69 Å². The first-order valence-corrected chi connectivity index (χ1v) is 9.15. The molecule has 3 heterocycles. The number of amides is 2. The molecule has 0 aliphatic carbocycles. The Kier molecular flexibility index (Phi) is 4.57. The largest absolute Gasteiger partial charge is 0.324 e. The van der Waals surface area contributed by atoms with Crippen LogP contribution in [0.15, 0.2) is 30.3 Å². The smallest absolute Gasteiger partial charge is 0.323 e. The molecule has 2 amide bonds. The maximum absolute atomic E-state index is 12.6. The van der Waals surface area contributed by atoms with Gasteiger partial charge in [0, 0.05) is 35.8 Å². The molecular formula is C18H20ClN7O. The number of likely N-dealkylation sites (tertiary alicyclic amines) is 1. The second kappa shape index (κ2) is 7.03. The minimum absolute atomic E-state index is 0.159. The molecule has 1 saturated heterocycles. The number of aromatic nitrogens is 5. The van der Waals surface area contributed by atoms with Crippen molar-refractivity contribution in [2.24, 2.45) is 0 Å². The van der Waals surface area contributed by atoms with Crippen LogP contribution in [0.4, 0.5) is 10.6 Å². The highest BCUT2D eigenvalue weighted by molar-refractivity contribution is 6.30. The molecule has 1 aromatic carbocycles. The quantitative estimate of drug-likeness (QED) is 0.723. The average molecular weight is 386 g/mol. The zero-order chi connectivity index (χ0) is 19.0. The number of anilines is 1. The summed E-state index contributed by atoms with van der Waals surface area (Å²) in [7, 11) is 0. The van der Waals surface area contributed by atoms with Crippen molar-refractivity contribution in [3.8, 4) is 5.69 Å². The van der Waals surface area contributed by atoms with E-state index >= 15 is 0 Å². The van der Waals surface area contributed by atoms with Crippen LogP contribution in [0.25, 0.3) is 5.69 Å². The number of nitrogens with one attached hydrogen (secondary N) is 2. The van der Waals surface area contributed by atoms with E-state index in [9.17, 15) is 4.79 Å². The van der Waals surface area contributed by atoms with Gasteiger partial charge < -0.3 is 4.90 Å². The number of hydrogen-bond donors (Lipinski definition) is 2. The fourth-order valence-electron chi connectivity index (χ4n) is 3.29. The number of rotatable bonds is 3. The second-order valence-electron chi connectivity index (χ2n) is 6.70. The Bertz CT molecular complexity index is 980. The number of carbonyl (C=O) groups excluding carboxylic acids is 1.